The number of carbonyl (C=O) groups is 1. The first-order valence-electron chi connectivity index (χ1n) is 11.1. The molecule has 1 saturated carbocycles. The van der Waals surface area contributed by atoms with Crippen LogP contribution in [0.25, 0.3) is 0 Å². The van der Waals surface area contributed by atoms with Crippen molar-refractivity contribution in [1.82, 2.24) is 10.2 Å². The standard InChI is InChI=1S/C22H27F7N2O2/c23-17-11-16(12-18(24)19(17)20(32)30-15-4-5-15)33-10-2-1-3-14-6-8-31(9-7-14)13-21(25,26)22(27,28)29/h11-12,14-15H,1-10,13H2,(H,30,32). The Bertz CT molecular complexity index is 796. The first-order valence-corrected chi connectivity index (χ1v) is 11.1. The number of hydrogen-bond donors (Lipinski definition) is 1. The van der Waals surface area contributed by atoms with Crippen molar-refractivity contribution in [2.75, 3.05) is 26.2 Å². The summed E-state index contributed by atoms with van der Waals surface area (Å²) < 4.78 is 97.0. The summed E-state index contributed by atoms with van der Waals surface area (Å²) in [4.78, 5) is 13.1. The molecule has 0 unspecified atom stereocenters. The summed E-state index contributed by atoms with van der Waals surface area (Å²) in [6.45, 7) is -0.744. The maximum Gasteiger partial charge on any atom is 0.454 e. The molecule has 1 aromatic rings. The van der Waals surface area contributed by atoms with E-state index in [0.717, 1.165) is 42.7 Å². The van der Waals surface area contributed by atoms with Gasteiger partial charge < -0.3 is 10.1 Å². The van der Waals surface area contributed by atoms with Crippen LogP contribution >= 0.6 is 0 Å². The quantitative estimate of drug-likeness (QED) is 0.361. The number of piperidine rings is 1. The van der Waals surface area contributed by atoms with Crippen LogP contribution in [0.5, 0.6) is 5.75 Å². The van der Waals surface area contributed by atoms with Gasteiger partial charge in [-0.25, -0.2) is 8.78 Å². The molecule has 1 aromatic carbocycles. The SMILES string of the molecule is O=C(NC1CC1)c1c(F)cc(OCCCCC2CCN(CC(F)(F)C(F)(F)F)CC2)cc1F. The Morgan fingerprint density at radius 3 is 2.15 bits per heavy atom. The number of benzene rings is 1. The van der Waals surface area contributed by atoms with Crippen LogP contribution in [0.15, 0.2) is 12.1 Å². The zero-order chi connectivity index (χ0) is 24.2. The van der Waals surface area contributed by atoms with Gasteiger partial charge in [-0.3, -0.25) is 9.69 Å². The van der Waals surface area contributed by atoms with Gasteiger partial charge in [-0.15, -0.1) is 0 Å². The molecule has 1 heterocycles. The van der Waals surface area contributed by atoms with Crippen LogP contribution in [0, 0.1) is 17.6 Å². The largest absolute Gasteiger partial charge is 0.493 e. The van der Waals surface area contributed by atoms with Crippen LogP contribution in [-0.4, -0.2) is 55.2 Å². The van der Waals surface area contributed by atoms with Gasteiger partial charge in [0.15, 0.2) is 0 Å². The van der Waals surface area contributed by atoms with Gasteiger partial charge in [0.2, 0.25) is 0 Å². The molecule has 0 atom stereocenters. The van der Waals surface area contributed by atoms with Gasteiger partial charge in [-0.1, -0.05) is 6.42 Å². The summed E-state index contributed by atoms with van der Waals surface area (Å²) in [5, 5.41) is 2.53. The highest BCUT2D eigenvalue weighted by molar-refractivity contribution is 5.95. The number of unbranched alkanes of at least 4 members (excludes halogenated alkanes) is 1. The number of alkyl halides is 5. The second kappa shape index (κ2) is 10.5. The zero-order valence-electron chi connectivity index (χ0n) is 18.0. The summed E-state index contributed by atoms with van der Waals surface area (Å²) in [6, 6.07) is 1.91. The maximum atomic E-state index is 14.2. The van der Waals surface area contributed by atoms with E-state index < -0.39 is 41.7 Å². The molecule has 0 spiro atoms. The van der Waals surface area contributed by atoms with Gasteiger partial charge >= 0.3 is 12.1 Å². The third kappa shape index (κ3) is 7.22. The normalized spacial score (nSPS) is 18.4. The molecule has 1 aliphatic carbocycles. The van der Waals surface area contributed by atoms with E-state index in [0.29, 0.717) is 19.3 Å². The molecule has 3 rings (SSSR count). The minimum Gasteiger partial charge on any atom is -0.493 e. The number of nitrogens with zero attached hydrogens (tertiary/aromatic N) is 1. The van der Waals surface area contributed by atoms with Crippen LogP contribution in [0.2, 0.25) is 0 Å². The lowest BCUT2D eigenvalue weighted by atomic mass is 9.91. The van der Waals surface area contributed by atoms with Crippen molar-refractivity contribution < 1.29 is 40.3 Å². The summed E-state index contributed by atoms with van der Waals surface area (Å²) >= 11 is 0. The van der Waals surface area contributed by atoms with E-state index in [-0.39, 0.29) is 37.4 Å². The van der Waals surface area contributed by atoms with Crippen LogP contribution in [0.4, 0.5) is 30.7 Å². The van der Waals surface area contributed by atoms with Gasteiger partial charge in [0.05, 0.1) is 13.2 Å². The monoisotopic (exact) mass is 484 g/mol. The van der Waals surface area contributed by atoms with E-state index in [4.69, 9.17) is 4.74 Å². The smallest absolute Gasteiger partial charge is 0.454 e. The lowest BCUT2D eigenvalue weighted by Crippen LogP contribution is -2.49. The molecular weight excluding hydrogens is 457 g/mol. The topological polar surface area (TPSA) is 41.6 Å². The minimum atomic E-state index is -5.54. The third-order valence-corrected chi connectivity index (χ3v) is 5.97. The number of nitrogens with one attached hydrogen (secondary N) is 1. The summed E-state index contributed by atoms with van der Waals surface area (Å²) in [7, 11) is 0. The number of halogens is 7. The average Bonchev–Trinajstić information content (AvgIpc) is 3.51. The first-order chi connectivity index (χ1) is 15.5. The number of amides is 1. The van der Waals surface area contributed by atoms with Gasteiger partial charge in [0, 0.05) is 18.2 Å². The Morgan fingerprint density at radius 1 is 1.00 bits per heavy atom. The number of likely N-dealkylation sites (tertiary alicyclic amines) is 1. The molecule has 186 valence electrons. The fourth-order valence-corrected chi connectivity index (χ4v) is 3.86. The van der Waals surface area contributed by atoms with Crippen LogP contribution in [0.3, 0.4) is 0 Å². The van der Waals surface area contributed by atoms with Gasteiger partial charge in [-0.05, 0) is 57.5 Å². The highest BCUT2D eigenvalue weighted by atomic mass is 19.4. The Morgan fingerprint density at radius 2 is 1.61 bits per heavy atom. The third-order valence-electron chi connectivity index (χ3n) is 5.97. The van der Waals surface area contributed by atoms with E-state index in [1.807, 2.05) is 0 Å². The number of carbonyl (C=O) groups excluding carboxylic acids is 1. The maximum absolute atomic E-state index is 14.2. The molecule has 4 nitrogen and oxygen atoms in total. The Balaban J connectivity index is 1.34. The van der Waals surface area contributed by atoms with E-state index >= 15 is 0 Å². The van der Waals surface area contributed by atoms with Crippen LogP contribution < -0.4 is 10.1 Å². The Kier molecular flexibility index (Phi) is 8.13. The van der Waals surface area contributed by atoms with Crippen molar-refractivity contribution in [3.63, 3.8) is 0 Å². The predicted octanol–water partition coefficient (Wildman–Crippen LogP) is 5.32. The lowest BCUT2D eigenvalue weighted by molar-refractivity contribution is -0.287. The molecule has 0 radical (unpaired) electrons. The first kappa shape index (κ1) is 25.6. The average molecular weight is 484 g/mol. The van der Waals surface area contributed by atoms with Crippen molar-refractivity contribution in [1.29, 1.82) is 0 Å². The fourth-order valence-electron chi connectivity index (χ4n) is 3.86. The summed E-state index contributed by atoms with van der Waals surface area (Å²) in [6.07, 6.45) is -0.817. The minimum absolute atomic E-state index is 0.0214. The van der Waals surface area contributed by atoms with Crippen molar-refractivity contribution in [2.45, 2.75) is 63.1 Å². The van der Waals surface area contributed by atoms with Gasteiger partial charge in [-0.2, -0.15) is 22.0 Å². The molecule has 0 aromatic heterocycles. The van der Waals surface area contributed by atoms with Crippen LogP contribution in [-0.2, 0) is 0 Å². The Hall–Kier alpha value is -2.04. The van der Waals surface area contributed by atoms with Gasteiger partial charge in [0.1, 0.15) is 22.9 Å². The molecule has 2 aliphatic rings. The number of hydrogen-bond acceptors (Lipinski definition) is 3. The molecule has 2 fully saturated rings. The van der Waals surface area contributed by atoms with Gasteiger partial charge in [0.25, 0.3) is 5.91 Å². The number of ether oxygens (including phenoxy) is 1. The highest BCUT2D eigenvalue weighted by Crippen LogP contribution is 2.37. The summed E-state index contributed by atoms with van der Waals surface area (Å²) in [5.74, 6) is -7.29. The molecule has 33 heavy (non-hydrogen) atoms. The van der Waals surface area contributed by atoms with Crippen molar-refractivity contribution in [3.8, 4) is 5.75 Å². The van der Waals surface area contributed by atoms with Crippen molar-refractivity contribution in [2.24, 2.45) is 5.92 Å². The van der Waals surface area contributed by atoms with E-state index in [1.54, 1.807) is 0 Å². The molecule has 1 N–H and O–H groups in total. The molecule has 0 bridgehead atoms. The zero-order valence-corrected chi connectivity index (χ0v) is 18.0. The molecule has 11 heteroatoms. The molecule has 1 aliphatic heterocycles. The Labute approximate surface area is 187 Å². The number of rotatable bonds is 10. The fraction of sp³-hybridized carbons (Fsp3) is 0.682. The molecule has 1 saturated heterocycles. The second-order valence-corrected chi connectivity index (χ2v) is 8.78. The van der Waals surface area contributed by atoms with E-state index in [1.165, 1.54) is 0 Å². The predicted molar refractivity (Wildman–Crippen MR) is 106 cm³/mol. The van der Waals surface area contributed by atoms with Crippen molar-refractivity contribution in [3.05, 3.63) is 29.3 Å². The van der Waals surface area contributed by atoms with Crippen molar-refractivity contribution >= 4 is 5.91 Å². The molecule has 1 amide bonds. The van der Waals surface area contributed by atoms with E-state index in [2.05, 4.69) is 5.32 Å². The van der Waals surface area contributed by atoms with E-state index in [9.17, 15) is 35.5 Å². The van der Waals surface area contributed by atoms with Crippen LogP contribution in [0.1, 0.15) is 55.3 Å². The highest BCUT2D eigenvalue weighted by Gasteiger charge is 2.58. The lowest BCUT2D eigenvalue weighted by Gasteiger charge is -2.34. The molecular formula is C22H27F7N2O2. The summed E-state index contributed by atoms with van der Waals surface area (Å²) in [5.41, 5.74) is -0.631. The second-order valence-electron chi connectivity index (χ2n) is 8.78.